The Morgan fingerprint density at radius 3 is 2.52 bits per heavy atom. The Labute approximate surface area is 241 Å². The Kier molecular flexibility index (Phi) is 7.56. The third-order valence-corrected chi connectivity index (χ3v) is 7.48. The van der Waals surface area contributed by atoms with Gasteiger partial charge in [0.2, 0.25) is 5.91 Å². The van der Waals surface area contributed by atoms with Crippen LogP contribution in [0.5, 0.6) is 0 Å². The lowest BCUT2D eigenvalue weighted by Gasteiger charge is -2.40. The fourth-order valence-corrected chi connectivity index (χ4v) is 5.44. The smallest absolute Gasteiger partial charge is 0.350 e. The van der Waals surface area contributed by atoms with Crippen molar-refractivity contribution in [1.82, 2.24) is 24.4 Å². The van der Waals surface area contributed by atoms with Crippen LogP contribution in [0, 0.1) is 29.9 Å². The summed E-state index contributed by atoms with van der Waals surface area (Å²) in [5.74, 6) is -1.80. The van der Waals surface area contributed by atoms with E-state index in [-0.39, 0.29) is 40.6 Å². The molecule has 11 heteroatoms. The molecule has 4 heterocycles. The molecule has 1 fully saturated rings. The third kappa shape index (κ3) is 4.79. The van der Waals surface area contributed by atoms with Crippen molar-refractivity contribution < 1.29 is 13.6 Å². The number of halogens is 2. The van der Waals surface area contributed by atoms with Gasteiger partial charge in [0.05, 0.1) is 33.6 Å². The molecule has 1 aliphatic rings. The molecule has 1 amide bonds. The summed E-state index contributed by atoms with van der Waals surface area (Å²) >= 11 is 0. The highest BCUT2D eigenvalue weighted by Gasteiger charge is 2.31. The standard InChI is InChI=1S/C31H29F2N7O2/c1-6-24(41)38-12-13-39(19(5)16-38)29-21-14-20(15-34)27(25-22(32)8-7-9-23(25)33)36-30(21)40(31(42)37-29)28-18(4)10-11-35-26(28)17(2)3/h6-11,14,17,19H,1,12-13,16H2,2-5H3/t19-/m0/s1. The monoisotopic (exact) mass is 569 g/mol. The lowest BCUT2D eigenvalue weighted by Crippen LogP contribution is -2.54. The molecule has 0 bridgehead atoms. The van der Waals surface area contributed by atoms with E-state index < -0.39 is 22.9 Å². The minimum Gasteiger partial charge on any atom is -0.350 e. The predicted molar refractivity (Wildman–Crippen MR) is 155 cm³/mol. The van der Waals surface area contributed by atoms with E-state index in [4.69, 9.17) is 0 Å². The summed E-state index contributed by atoms with van der Waals surface area (Å²) in [6.07, 6.45) is 2.91. The molecule has 0 unspecified atom stereocenters. The number of hydrogen-bond acceptors (Lipinski definition) is 7. The quantitative estimate of drug-likeness (QED) is 0.322. The van der Waals surface area contributed by atoms with Crippen molar-refractivity contribution in [1.29, 1.82) is 5.26 Å². The molecule has 1 atom stereocenters. The van der Waals surface area contributed by atoms with Crippen LogP contribution in [0.3, 0.4) is 0 Å². The van der Waals surface area contributed by atoms with Crippen LogP contribution in [0.25, 0.3) is 28.0 Å². The highest BCUT2D eigenvalue weighted by Crippen LogP contribution is 2.35. The van der Waals surface area contributed by atoms with Crippen LogP contribution in [0.15, 0.2) is 54.0 Å². The number of aromatic nitrogens is 4. The molecule has 0 saturated carbocycles. The fraction of sp³-hybridized carbons (Fsp3) is 0.290. The molecule has 1 saturated heterocycles. The van der Waals surface area contributed by atoms with Crippen molar-refractivity contribution in [2.24, 2.45) is 0 Å². The number of nitrogens with zero attached hydrogens (tertiary/aromatic N) is 7. The van der Waals surface area contributed by atoms with Gasteiger partial charge in [0, 0.05) is 31.9 Å². The number of aryl methyl sites for hydroxylation is 1. The molecule has 9 nitrogen and oxygen atoms in total. The van der Waals surface area contributed by atoms with E-state index >= 15 is 8.78 Å². The maximum atomic E-state index is 15.0. The zero-order chi connectivity index (χ0) is 30.3. The number of carbonyl (C=O) groups excluding carboxylic acids is 1. The average molecular weight is 570 g/mol. The van der Waals surface area contributed by atoms with Crippen molar-refractivity contribution in [3.63, 3.8) is 0 Å². The predicted octanol–water partition coefficient (Wildman–Crippen LogP) is 4.65. The van der Waals surface area contributed by atoms with E-state index in [2.05, 4.69) is 21.5 Å². The first-order valence-electron chi connectivity index (χ1n) is 13.5. The van der Waals surface area contributed by atoms with Crippen LogP contribution in [0.4, 0.5) is 14.6 Å². The van der Waals surface area contributed by atoms with Crippen molar-refractivity contribution in [2.45, 2.75) is 39.7 Å². The highest BCUT2D eigenvalue weighted by molar-refractivity contribution is 5.93. The number of nitriles is 1. The first-order valence-corrected chi connectivity index (χ1v) is 13.5. The van der Waals surface area contributed by atoms with Crippen LogP contribution < -0.4 is 10.6 Å². The lowest BCUT2D eigenvalue weighted by molar-refractivity contribution is -0.126. The number of rotatable bonds is 5. The van der Waals surface area contributed by atoms with Gasteiger partial charge in [-0.15, -0.1) is 0 Å². The molecule has 214 valence electrons. The molecular weight excluding hydrogens is 540 g/mol. The number of carbonyl (C=O) groups is 1. The third-order valence-electron chi connectivity index (χ3n) is 7.48. The average Bonchev–Trinajstić information content (AvgIpc) is 2.96. The molecule has 0 spiro atoms. The normalized spacial score (nSPS) is 15.2. The number of pyridine rings is 2. The Balaban J connectivity index is 1.87. The van der Waals surface area contributed by atoms with Gasteiger partial charge in [-0.3, -0.25) is 9.78 Å². The summed E-state index contributed by atoms with van der Waals surface area (Å²) in [5.41, 5.74) is 0.441. The summed E-state index contributed by atoms with van der Waals surface area (Å²) < 4.78 is 31.3. The van der Waals surface area contributed by atoms with Crippen LogP contribution >= 0.6 is 0 Å². The minimum absolute atomic E-state index is 0.0800. The minimum atomic E-state index is -0.890. The molecule has 5 rings (SSSR count). The van der Waals surface area contributed by atoms with Gasteiger partial charge in [0.15, 0.2) is 5.65 Å². The van der Waals surface area contributed by atoms with E-state index in [1.807, 2.05) is 38.7 Å². The number of hydrogen-bond donors (Lipinski definition) is 0. The number of fused-ring (bicyclic) bond motifs is 1. The van der Waals surface area contributed by atoms with Crippen molar-refractivity contribution in [2.75, 3.05) is 24.5 Å². The maximum absolute atomic E-state index is 15.0. The van der Waals surface area contributed by atoms with Crippen LogP contribution in [-0.4, -0.2) is 56.0 Å². The first kappa shape index (κ1) is 28.5. The summed E-state index contributed by atoms with van der Waals surface area (Å²) in [7, 11) is 0. The molecule has 42 heavy (non-hydrogen) atoms. The van der Waals surface area contributed by atoms with E-state index in [1.54, 1.807) is 17.2 Å². The van der Waals surface area contributed by atoms with Crippen LogP contribution in [0.1, 0.15) is 43.5 Å². The van der Waals surface area contributed by atoms with Gasteiger partial charge in [-0.2, -0.15) is 10.2 Å². The number of anilines is 1. The maximum Gasteiger partial charge on any atom is 0.355 e. The van der Waals surface area contributed by atoms with Gasteiger partial charge in [-0.05, 0) is 55.7 Å². The summed E-state index contributed by atoms with van der Waals surface area (Å²) in [6, 6.07) is 8.39. The first-order chi connectivity index (χ1) is 20.1. The molecular formula is C31H29F2N7O2. The van der Waals surface area contributed by atoms with Gasteiger partial charge in [-0.25, -0.2) is 23.1 Å². The van der Waals surface area contributed by atoms with Gasteiger partial charge in [0.1, 0.15) is 23.5 Å². The van der Waals surface area contributed by atoms with E-state index in [0.29, 0.717) is 36.4 Å². The van der Waals surface area contributed by atoms with Crippen molar-refractivity contribution in [3.8, 4) is 23.0 Å². The molecule has 0 radical (unpaired) electrons. The summed E-state index contributed by atoms with van der Waals surface area (Å²) in [5, 5.41) is 10.4. The highest BCUT2D eigenvalue weighted by atomic mass is 19.1. The van der Waals surface area contributed by atoms with Gasteiger partial charge >= 0.3 is 5.69 Å². The second kappa shape index (κ2) is 11.1. The Hall–Kier alpha value is -4.98. The Morgan fingerprint density at radius 2 is 1.90 bits per heavy atom. The largest absolute Gasteiger partial charge is 0.355 e. The molecule has 4 aromatic rings. The Morgan fingerprint density at radius 1 is 1.19 bits per heavy atom. The molecule has 0 aliphatic carbocycles. The van der Waals surface area contributed by atoms with E-state index in [9.17, 15) is 14.9 Å². The number of piperazine rings is 1. The molecule has 0 N–H and O–H groups in total. The summed E-state index contributed by atoms with van der Waals surface area (Å²) in [6.45, 7) is 12.2. The molecule has 1 aliphatic heterocycles. The zero-order valence-electron chi connectivity index (χ0n) is 23.7. The fourth-order valence-electron chi connectivity index (χ4n) is 5.44. The van der Waals surface area contributed by atoms with Crippen molar-refractivity contribution in [3.05, 3.63) is 88.1 Å². The molecule has 1 aromatic carbocycles. The second-order valence-electron chi connectivity index (χ2n) is 10.6. The summed E-state index contributed by atoms with van der Waals surface area (Å²) in [4.78, 5) is 43.4. The van der Waals surface area contributed by atoms with Gasteiger partial charge < -0.3 is 9.80 Å². The van der Waals surface area contributed by atoms with E-state index in [0.717, 1.165) is 17.7 Å². The van der Waals surface area contributed by atoms with Gasteiger partial charge in [0.25, 0.3) is 0 Å². The van der Waals surface area contributed by atoms with E-state index in [1.165, 1.54) is 22.8 Å². The van der Waals surface area contributed by atoms with Gasteiger partial charge in [-0.1, -0.05) is 26.5 Å². The van der Waals surface area contributed by atoms with Crippen molar-refractivity contribution >= 4 is 22.8 Å². The number of benzene rings is 1. The topological polar surface area (TPSA) is 108 Å². The second-order valence-corrected chi connectivity index (χ2v) is 10.6. The van der Waals surface area contributed by atoms with Crippen LogP contribution in [0.2, 0.25) is 0 Å². The molecule has 3 aromatic heterocycles. The van der Waals surface area contributed by atoms with Crippen LogP contribution in [-0.2, 0) is 4.79 Å². The lowest BCUT2D eigenvalue weighted by atomic mass is 10.0. The zero-order valence-corrected chi connectivity index (χ0v) is 23.7. The number of amides is 1. The SMILES string of the molecule is C=CC(=O)N1CCN(c2nc(=O)n(-c3c(C)ccnc3C(C)C)c3nc(-c4c(F)cccc4F)c(C#N)cc23)[C@@H](C)C1. The Bertz CT molecular complexity index is 1820.